The second-order valence-corrected chi connectivity index (χ2v) is 9.57. The van der Waals surface area contributed by atoms with Crippen molar-refractivity contribution in [1.29, 1.82) is 0 Å². The van der Waals surface area contributed by atoms with Gasteiger partial charge in [-0.05, 0) is 51.7 Å². The topological polar surface area (TPSA) is 90.6 Å². The molecule has 3 rings (SSSR count). The number of nitrogens with one attached hydrogen (secondary N) is 2. The van der Waals surface area contributed by atoms with E-state index < -0.39 is 17.7 Å². The molecule has 31 heavy (non-hydrogen) atoms. The Balaban J connectivity index is 1.65. The summed E-state index contributed by atoms with van der Waals surface area (Å²) in [5.41, 5.74) is 1.34. The number of anilines is 1. The Morgan fingerprint density at radius 2 is 1.90 bits per heavy atom. The van der Waals surface area contributed by atoms with E-state index in [9.17, 15) is 9.59 Å². The van der Waals surface area contributed by atoms with Gasteiger partial charge < -0.3 is 24.8 Å². The molecule has 0 saturated carbocycles. The van der Waals surface area contributed by atoms with E-state index in [4.69, 9.17) is 4.74 Å². The smallest absolute Gasteiger partial charge is 0.408 e. The van der Waals surface area contributed by atoms with Gasteiger partial charge in [0, 0.05) is 26.2 Å². The van der Waals surface area contributed by atoms with Gasteiger partial charge in [0.15, 0.2) is 0 Å². The Morgan fingerprint density at radius 3 is 2.58 bits per heavy atom. The maximum absolute atomic E-state index is 13.3. The third-order valence-corrected chi connectivity index (χ3v) is 5.18. The zero-order valence-electron chi connectivity index (χ0n) is 19.3. The average molecular weight is 430 g/mol. The minimum atomic E-state index is -0.606. The SMILES string of the molecule is CC(C)CC(NC(=O)OC(C)(C)C)C(=O)N1CCCN(c2nc3ccccc3[nH]2)CC1. The highest BCUT2D eigenvalue weighted by Crippen LogP contribution is 2.19. The number of nitrogens with zero attached hydrogens (tertiary/aromatic N) is 3. The van der Waals surface area contributed by atoms with E-state index in [1.165, 1.54) is 0 Å². The van der Waals surface area contributed by atoms with Gasteiger partial charge in [0.1, 0.15) is 11.6 Å². The van der Waals surface area contributed by atoms with Crippen molar-refractivity contribution >= 4 is 29.0 Å². The molecule has 0 aliphatic carbocycles. The molecule has 8 nitrogen and oxygen atoms in total. The number of ether oxygens (including phenoxy) is 1. The van der Waals surface area contributed by atoms with Crippen molar-refractivity contribution in [2.75, 3.05) is 31.1 Å². The van der Waals surface area contributed by atoms with Crippen molar-refractivity contribution in [3.05, 3.63) is 24.3 Å². The molecule has 2 aromatic rings. The molecule has 1 aliphatic rings. The summed E-state index contributed by atoms with van der Waals surface area (Å²) in [7, 11) is 0. The summed E-state index contributed by atoms with van der Waals surface area (Å²) < 4.78 is 5.37. The lowest BCUT2D eigenvalue weighted by Gasteiger charge is -2.29. The molecule has 2 N–H and O–H groups in total. The zero-order chi connectivity index (χ0) is 22.6. The van der Waals surface area contributed by atoms with E-state index in [0.29, 0.717) is 26.1 Å². The highest BCUT2D eigenvalue weighted by Gasteiger charge is 2.30. The van der Waals surface area contributed by atoms with Crippen LogP contribution in [-0.2, 0) is 9.53 Å². The van der Waals surface area contributed by atoms with E-state index >= 15 is 0 Å². The summed E-state index contributed by atoms with van der Waals surface area (Å²) >= 11 is 0. The van der Waals surface area contributed by atoms with Crippen LogP contribution in [-0.4, -0.2) is 64.7 Å². The average Bonchev–Trinajstić information content (AvgIpc) is 2.94. The summed E-state index contributed by atoms with van der Waals surface area (Å²) in [5, 5.41) is 2.80. The number of para-hydroxylation sites is 2. The maximum Gasteiger partial charge on any atom is 0.408 e. The van der Waals surface area contributed by atoms with Crippen LogP contribution in [0.5, 0.6) is 0 Å². The largest absolute Gasteiger partial charge is 0.444 e. The highest BCUT2D eigenvalue weighted by atomic mass is 16.6. The minimum Gasteiger partial charge on any atom is -0.444 e. The Bertz CT molecular complexity index is 869. The third kappa shape index (κ3) is 6.35. The fourth-order valence-electron chi connectivity index (χ4n) is 3.80. The van der Waals surface area contributed by atoms with Crippen molar-refractivity contribution in [3.63, 3.8) is 0 Å². The zero-order valence-corrected chi connectivity index (χ0v) is 19.3. The molecule has 2 heterocycles. The molecule has 2 amide bonds. The Kier molecular flexibility index (Phi) is 7.08. The predicted octanol–water partition coefficient (Wildman–Crippen LogP) is 3.54. The number of benzene rings is 1. The fourth-order valence-corrected chi connectivity index (χ4v) is 3.80. The van der Waals surface area contributed by atoms with Crippen LogP contribution in [0.4, 0.5) is 10.7 Å². The van der Waals surface area contributed by atoms with Gasteiger partial charge >= 0.3 is 6.09 Å². The number of carbonyl (C=O) groups excluding carboxylic acids is 2. The third-order valence-electron chi connectivity index (χ3n) is 5.18. The van der Waals surface area contributed by atoms with Crippen LogP contribution in [0.2, 0.25) is 0 Å². The molecule has 1 atom stereocenters. The summed E-state index contributed by atoms with van der Waals surface area (Å²) in [6, 6.07) is 7.37. The molecule has 0 bridgehead atoms. The number of aromatic nitrogens is 2. The van der Waals surface area contributed by atoms with Crippen molar-refractivity contribution < 1.29 is 14.3 Å². The molecular weight excluding hydrogens is 394 g/mol. The van der Waals surface area contributed by atoms with Crippen LogP contribution >= 0.6 is 0 Å². The van der Waals surface area contributed by atoms with E-state index in [-0.39, 0.29) is 11.8 Å². The molecule has 1 saturated heterocycles. The number of H-pyrrole nitrogens is 1. The molecule has 0 radical (unpaired) electrons. The van der Waals surface area contributed by atoms with Crippen LogP contribution in [0.25, 0.3) is 11.0 Å². The molecule has 8 heteroatoms. The van der Waals surface area contributed by atoms with Crippen molar-refractivity contribution in [2.45, 2.75) is 59.1 Å². The van der Waals surface area contributed by atoms with Gasteiger partial charge in [-0.2, -0.15) is 0 Å². The van der Waals surface area contributed by atoms with E-state index in [2.05, 4.69) is 20.2 Å². The summed E-state index contributed by atoms with van der Waals surface area (Å²) in [4.78, 5) is 37.7. The van der Waals surface area contributed by atoms with Crippen LogP contribution in [0.3, 0.4) is 0 Å². The van der Waals surface area contributed by atoms with Crippen LogP contribution in [0.15, 0.2) is 24.3 Å². The molecule has 170 valence electrons. The molecule has 1 aromatic carbocycles. The number of fused-ring (bicyclic) bond motifs is 1. The molecule has 0 spiro atoms. The molecular formula is C23H35N5O3. The van der Waals surface area contributed by atoms with E-state index in [1.807, 2.05) is 63.8 Å². The highest BCUT2D eigenvalue weighted by molar-refractivity contribution is 5.86. The lowest BCUT2D eigenvalue weighted by molar-refractivity contribution is -0.133. The first-order valence-corrected chi connectivity index (χ1v) is 11.1. The fraction of sp³-hybridized carbons (Fsp3) is 0.609. The number of aromatic amines is 1. The summed E-state index contributed by atoms with van der Waals surface area (Å²) in [6.07, 6.45) is 0.858. The van der Waals surface area contributed by atoms with Gasteiger partial charge in [0.2, 0.25) is 11.9 Å². The lowest BCUT2D eigenvalue weighted by Crippen LogP contribution is -2.51. The molecule has 1 aromatic heterocycles. The van der Waals surface area contributed by atoms with Crippen LogP contribution in [0, 0.1) is 5.92 Å². The minimum absolute atomic E-state index is 0.0500. The predicted molar refractivity (Wildman–Crippen MR) is 122 cm³/mol. The molecule has 1 unspecified atom stereocenters. The number of amides is 2. The normalized spacial score (nSPS) is 16.3. The van der Waals surface area contributed by atoms with E-state index in [1.54, 1.807) is 0 Å². The van der Waals surface area contributed by atoms with Crippen LogP contribution in [0.1, 0.15) is 47.5 Å². The lowest BCUT2D eigenvalue weighted by atomic mass is 10.0. The Hall–Kier alpha value is -2.77. The van der Waals surface area contributed by atoms with Crippen molar-refractivity contribution in [1.82, 2.24) is 20.2 Å². The van der Waals surface area contributed by atoms with Gasteiger partial charge in [-0.1, -0.05) is 26.0 Å². The number of carbonyl (C=O) groups is 2. The van der Waals surface area contributed by atoms with Gasteiger partial charge in [0.05, 0.1) is 11.0 Å². The first-order valence-electron chi connectivity index (χ1n) is 11.1. The summed E-state index contributed by atoms with van der Waals surface area (Å²) in [6.45, 7) is 12.3. The second kappa shape index (κ2) is 9.58. The maximum atomic E-state index is 13.3. The monoisotopic (exact) mass is 429 g/mol. The second-order valence-electron chi connectivity index (χ2n) is 9.57. The molecule has 1 aliphatic heterocycles. The van der Waals surface area contributed by atoms with Gasteiger partial charge in [0.25, 0.3) is 0 Å². The van der Waals surface area contributed by atoms with Gasteiger partial charge in [-0.3, -0.25) is 4.79 Å². The quantitative estimate of drug-likeness (QED) is 0.759. The number of alkyl carbamates (subject to hydrolysis) is 1. The Morgan fingerprint density at radius 1 is 1.16 bits per heavy atom. The first kappa shape index (κ1) is 22.9. The number of imidazole rings is 1. The van der Waals surface area contributed by atoms with Gasteiger partial charge in [-0.15, -0.1) is 0 Å². The number of hydrogen-bond acceptors (Lipinski definition) is 5. The number of hydrogen-bond donors (Lipinski definition) is 2. The van der Waals surface area contributed by atoms with Crippen molar-refractivity contribution in [3.8, 4) is 0 Å². The standard InChI is InChI=1S/C23H35N5O3/c1-16(2)15-19(26-22(30)31-23(3,4)5)20(29)27-11-8-12-28(14-13-27)21-24-17-9-6-7-10-18(17)25-21/h6-7,9-10,16,19H,8,11-15H2,1-5H3,(H,24,25)(H,26,30). The van der Waals surface area contributed by atoms with Crippen molar-refractivity contribution in [2.24, 2.45) is 5.92 Å². The first-order chi connectivity index (χ1) is 14.6. The number of rotatable bonds is 5. The van der Waals surface area contributed by atoms with Crippen LogP contribution < -0.4 is 10.2 Å². The summed E-state index contributed by atoms with van der Waals surface area (Å²) in [5.74, 6) is 1.05. The van der Waals surface area contributed by atoms with E-state index in [0.717, 1.165) is 29.9 Å². The van der Waals surface area contributed by atoms with Gasteiger partial charge in [-0.25, -0.2) is 9.78 Å². The Labute approximate surface area is 184 Å². The molecule has 1 fully saturated rings.